The number of benzene rings is 1. The highest BCUT2D eigenvalue weighted by Gasteiger charge is 2.09. The van der Waals surface area contributed by atoms with Crippen molar-refractivity contribution in [3.8, 4) is 5.75 Å². The molecule has 1 amide bonds. The fraction of sp³-hybridized carbons (Fsp3) is 0.294. The van der Waals surface area contributed by atoms with Gasteiger partial charge in [0.25, 0.3) is 0 Å². The third-order valence-electron chi connectivity index (χ3n) is 3.21. The molecule has 0 aliphatic carbocycles. The van der Waals surface area contributed by atoms with Crippen molar-refractivity contribution in [1.82, 2.24) is 9.88 Å². The summed E-state index contributed by atoms with van der Waals surface area (Å²) in [6.45, 7) is 3.44. The maximum atomic E-state index is 12.0. The van der Waals surface area contributed by atoms with E-state index < -0.39 is 0 Å². The maximum absolute atomic E-state index is 12.0. The van der Waals surface area contributed by atoms with Gasteiger partial charge < -0.3 is 10.1 Å². The molecule has 1 heterocycles. The molecule has 5 nitrogen and oxygen atoms in total. The Morgan fingerprint density at radius 3 is 2.74 bits per heavy atom. The van der Waals surface area contributed by atoms with E-state index in [0.717, 1.165) is 5.75 Å². The molecule has 6 heteroatoms. The third kappa shape index (κ3) is 5.88. The highest BCUT2D eigenvalue weighted by atomic mass is 35.5. The van der Waals surface area contributed by atoms with Crippen molar-refractivity contribution in [2.24, 2.45) is 0 Å². The number of nitrogens with one attached hydrogen (secondary N) is 1. The Kier molecular flexibility index (Phi) is 6.38. The monoisotopic (exact) mass is 333 g/mol. The SMILES string of the molecule is Cc1ccc(OCCN(C)CC(=O)Nc2cccnc2Cl)cc1. The summed E-state index contributed by atoms with van der Waals surface area (Å²) in [7, 11) is 1.86. The van der Waals surface area contributed by atoms with E-state index in [1.807, 2.05) is 43.1 Å². The second kappa shape index (κ2) is 8.50. The molecule has 0 saturated heterocycles. The molecule has 2 aromatic rings. The van der Waals surface area contributed by atoms with Crippen molar-refractivity contribution < 1.29 is 9.53 Å². The first kappa shape index (κ1) is 17.2. The van der Waals surface area contributed by atoms with Crippen LogP contribution in [-0.2, 0) is 4.79 Å². The summed E-state index contributed by atoms with van der Waals surface area (Å²) in [6, 6.07) is 11.3. The average Bonchev–Trinajstić information content (AvgIpc) is 2.51. The van der Waals surface area contributed by atoms with E-state index in [2.05, 4.69) is 10.3 Å². The van der Waals surface area contributed by atoms with Crippen LogP contribution in [0.25, 0.3) is 0 Å². The number of pyridine rings is 1. The van der Waals surface area contributed by atoms with Crippen LogP contribution in [0, 0.1) is 6.92 Å². The van der Waals surface area contributed by atoms with E-state index in [4.69, 9.17) is 16.3 Å². The Labute approximate surface area is 141 Å². The number of halogens is 1. The lowest BCUT2D eigenvalue weighted by Crippen LogP contribution is -2.33. The van der Waals surface area contributed by atoms with Crippen LogP contribution in [-0.4, -0.2) is 42.5 Å². The molecule has 0 aliphatic rings. The van der Waals surface area contributed by atoms with E-state index in [-0.39, 0.29) is 17.6 Å². The summed E-state index contributed by atoms with van der Waals surface area (Å²) in [5, 5.41) is 3.02. The number of carbonyl (C=O) groups excluding carboxylic acids is 1. The zero-order valence-electron chi connectivity index (χ0n) is 13.3. The first-order chi connectivity index (χ1) is 11.0. The Balaban J connectivity index is 1.71. The quantitative estimate of drug-likeness (QED) is 0.791. The molecule has 1 aromatic carbocycles. The molecule has 0 radical (unpaired) electrons. The zero-order valence-corrected chi connectivity index (χ0v) is 14.0. The molecule has 0 aliphatic heterocycles. The van der Waals surface area contributed by atoms with Crippen molar-refractivity contribution in [1.29, 1.82) is 0 Å². The minimum Gasteiger partial charge on any atom is -0.492 e. The van der Waals surface area contributed by atoms with Crippen LogP contribution in [0.15, 0.2) is 42.6 Å². The molecule has 0 unspecified atom stereocenters. The van der Waals surface area contributed by atoms with Crippen LogP contribution < -0.4 is 10.1 Å². The fourth-order valence-electron chi connectivity index (χ4n) is 1.95. The highest BCUT2D eigenvalue weighted by Crippen LogP contribution is 2.17. The predicted molar refractivity (Wildman–Crippen MR) is 92.0 cm³/mol. The first-order valence-corrected chi connectivity index (χ1v) is 7.71. The lowest BCUT2D eigenvalue weighted by atomic mass is 10.2. The average molecular weight is 334 g/mol. The smallest absolute Gasteiger partial charge is 0.238 e. The third-order valence-corrected chi connectivity index (χ3v) is 3.51. The summed E-state index contributed by atoms with van der Waals surface area (Å²) in [5.41, 5.74) is 1.71. The van der Waals surface area contributed by atoms with Gasteiger partial charge in [-0.3, -0.25) is 9.69 Å². The molecule has 0 fully saturated rings. The number of aryl methyl sites for hydroxylation is 1. The Bertz CT molecular complexity index is 647. The summed E-state index contributed by atoms with van der Waals surface area (Å²) >= 11 is 5.91. The highest BCUT2D eigenvalue weighted by molar-refractivity contribution is 6.32. The van der Waals surface area contributed by atoms with Crippen molar-refractivity contribution in [2.75, 3.05) is 32.1 Å². The number of ether oxygens (including phenoxy) is 1. The van der Waals surface area contributed by atoms with Gasteiger partial charge in [0.2, 0.25) is 5.91 Å². The molecule has 1 aromatic heterocycles. The van der Waals surface area contributed by atoms with E-state index >= 15 is 0 Å². The van der Waals surface area contributed by atoms with Crippen molar-refractivity contribution in [2.45, 2.75) is 6.92 Å². The van der Waals surface area contributed by atoms with Crippen molar-refractivity contribution >= 4 is 23.2 Å². The van der Waals surface area contributed by atoms with Gasteiger partial charge >= 0.3 is 0 Å². The fourth-order valence-corrected chi connectivity index (χ4v) is 2.11. The number of amides is 1. The van der Waals surface area contributed by atoms with Gasteiger partial charge in [0.15, 0.2) is 5.15 Å². The van der Waals surface area contributed by atoms with Gasteiger partial charge in [-0.1, -0.05) is 29.3 Å². The van der Waals surface area contributed by atoms with Crippen molar-refractivity contribution in [3.63, 3.8) is 0 Å². The van der Waals surface area contributed by atoms with E-state index in [1.165, 1.54) is 5.56 Å². The summed E-state index contributed by atoms with van der Waals surface area (Å²) in [4.78, 5) is 17.8. The summed E-state index contributed by atoms with van der Waals surface area (Å²) < 4.78 is 5.65. The molecule has 0 bridgehead atoms. The minimum atomic E-state index is -0.141. The predicted octanol–water partition coefficient (Wildman–Crippen LogP) is 2.99. The lowest BCUT2D eigenvalue weighted by molar-refractivity contribution is -0.117. The van der Waals surface area contributed by atoms with Gasteiger partial charge in [0.05, 0.1) is 12.2 Å². The number of carbonyl (C=O) groups is 1. The van der Waals surface area contributed by atoms with Crippen LogP contribution in [0.4, 0.5) is 5.69 Å². The number of rotatable bonds is 7. The normalized spacial score (nSPS) is 10.6. The van der Waals surface area contributed by atoms with Crippen LogP contribution in [0.2, 0.25) is 5.15 Å². The molecule has 0 saturated carbocycles. The molecular weight excluding hydrogens is 314 g/mol. The minimum absolute atomic E-state index is 0.141. The number of hydrogen-bond acceptors (Lipinski definition) is 4. The number of aromatic nitrogens is 1. The Hall–Kier alpha value is -2.11. The van der Waals surface area contributed by atoms with Gasteiger partial charge in [0.1, 0.15) is 12.4 Å². The summed E-state index contributed by atoms with van der Waals surface area (Å²) in [5.74, 6) is 0.688. The van der Waals surface area contributed by atoms with Crippen molar-refractivity contribution in [3.05, 3.63) is 53.3 Å². The van der Waals surface area contributed by atoms with Gasteiger partial charge in [-0.05, 0) is 38.2 Å². The Morgan fingerprint density at radius 1 is 1.30 bits per heavy atom. The maximum Gasteiger partial charge on any atom is 0.238 e. The lowest BCUT2D eigenvalue weighted by Gasteiger charge is -2.17. The van der Waals surface area contributed by atoms with Gasteiger partial charge in [-0.15, -0.1) is 0 Å². The van der Waals surface area contributed by atoms with Crippen LogP contribution in [0.3, 0.4) is 0 Å². The molecular formula is C17H20ClN3O2. The van der Waals surface area contributed by atoms with E-state index in [9.17, 15) is 4.79 Å². The van der Waals surface area contributed by atoms with Gasteiger partial charge in [-0.25, -0.2) is 4.98 Å². The molecule has 23 heavy (non-hydrogen) atoms. The number of likely N-dealkylation sites (N-methyl/N-ethyl adjacent to an activating group) is 1. The standard InChI is InChI=1S/C17H20ClN3O2/c1-13-5-7-14(8-6-13)23-11-10-21(2)12-16(22)20-15-4-3-9-19-17(15)18/h3-9H,10-12H2,1-2H3,(H,20,22). The number of anilines is 1. The number of nitrogens with zero attached hydrogens (tertiary/aromatic N) is 2. The van der Waals surface area contributed by atoms with E-state index in [1.54, 1.807) is 18.3 Å². The molecule has 1 N–H and O–H groups in total. The second-order valence-electron chi connectivity index (χ2n) is 5.29. The first-order valence-electron chi connectivity index (χ1n) is 7.33. The van der Waals surface area contributed by atoms with E-state index in [0.29, 0.717) is 18.8 Å². The van der Waals surface area contributed by atoms with Gasteiger partial charge in [0, 0.05) is 12.7 Å². The van der Waals surface area contributed by atoms with Gasteiger partial charge in [-0.2, -0.15) is 0 Å². The second-order valence-corrected chi connectivity index (χ2v) is 5.65. The summed E-state index contributed by atoms with van der Waals surface area (Å²) in [6.07, 6.45) is 1.58. The molecule has 2 rings (SSSR count). The largest absolute Gasteiger partial charge is 0.492 e. The van der Waals surface area contributed by atoms with Crippen LogP contribution in [0.5, 0.6) is 5.75 Å². The van der Waals surface area contributed by atoms with Crippen LogP contribution in [0.1, 0.15) is 5.56 Å². The topological polar surface area (TPSA) is 54.5 Å². The molecule has 0 atom stereocenters. The molecule has 0 spiro atoms. The molecule has 122 valence electrons. The van der Waals surface area contributed by atoms with Crippen LogP contribution >= 0.6 is 11.6 Å². The Morgan fingerprint density at radius 2 is 2.04 bits per heavy atom. The number of hydrogen-bond donors (Lipinski definition) is 1. The zero-order chi connectivity index (χ0) is 16.7.